The molecule has 1 fully saturated rings. The SMILES string of the molecule is Cc1nc(CCNC(=O)NCC2(O)CCCCCC2)cs1. The van der Waals surface area contributed by atoms with Crippen molar-refractivity contribution in [2.75, 3.05) is 13.1 Å². The van der Waals surface area contributed by atoms with E-state index in [1.165, 1.54) is 12.8 Å². The third-order valence-electron chi connectivity index (χ3n) is 3.95. The maximum Gasteiger partial charge on any atom is 0.314 e. The summed E-state index contributed by atoms with van der Waals surface area (Å²) in [7, 11) is 0. The van der Waals surface area contributed by atoms with Crippen LogP contribution >= 0.6 is 11.3 Å². The van der Waals surface area contributed by atoms with Gasteiger partial charge in [0.15, 0.2) is 0 Å². The molecule has 5 nitrogen and oxygen atoms in total. The number of amides is 2. The highest BCUT2D eigenvalue weighted by atomic mass is 32.1. The smallest absolute Gasteiger partial charge is 0.314 e. The number of nitrogens with one attached hydrogen (secondary N) is 2. The molecule has 0 spiro atoms. The molecule has 6 heteroatoms. The summed E-state index contributed by atoms with van der Waals surface area (Å²) in [5.74, 6) is 0. The highest BCUT2D eigenvalue weighted by Crippen LogP contribution is 2.26. The van der Waals surface area contributed by atoms with Crippen molar-refractivity contribution in [3.05, 3.63) is 16.1 Å². The van der Waals surface area contributed by atoms with Gasteiger partial charge < -0.3 is 15.7 Å². The summed E-state index contributed by atoms with van der Waals surface area (Å²) in [5, 5.41) is 19.1. The Labute approximate surface area is 130 Å². The Balaban J connectivity index is 1.64. The van der Waals surface area contributed by atoms with Crippen molar-refractivity contribution in [1.29, 1.82) is 0 Å². The molecule has 2 rings (SSSR count). The molecule has 1 aromatic rings. The molecular formula is C15H25N3O2S. The van der Waals surface area contributed by atoms with E-state index in [-0.39, 0.29) is 6.03 Å². The highest BCUT2D eigenvalue weighted by molar-refractivity contribution is 7.09. The van der Waals surface area contributed by atoms with Gasteiger partial charge in [0.1, 0.15) is 0 Å². The number of urea groups is 1. The Morgan fingerprint density at radius 1 is 1.33 bits per heavy atom. The van der Waals surface area contributed by atoms with Gasteiger partial charge in [-0.05, 0) is 19.8 Å². The second kappa shape index (κ2) is 7.75. The van der Waals surface area contributed by atoms with E-state index in [0.717, 1.165) is 42.8 Å². The van der Waals surface area contributed by atoms with E-state index < -0.39 is 5.60 Å². The lowest BCUT2D eigenvalue weighted by atomic mass is 9.95. The number of aliphatic hydroxyl groups is 1. The first-order valence-corrected chi connectivity index (χ1v) is 8.60. The van der Waals surface area contributed by atoms with Gasteiger partial charge in [0.2, 0.25) is 0 Å². The standard InChI is InChI=1S/C15H25N3O2S/c1-12-18-13(10-21-12)6-9-16-14(19)17-11-15(20)7-4-2-3-5-8-15/h10,20H,2-9,11H2,1H3,(H2,16,17,19). The van der Waals surface area contributed by atoms with E-state index in [0.29, 0.717) is 13.1 Å². The van der Waals surface area contributed by atoms with Gasteiger partial charge in [0, 0.05) is 24.9 Å². The van der Waals surface area contributed by atoms with Crippen molar-refractivity contribution >= 4 is 17.4 Å². The highest BCUT2D eigenvalue weighted by Gasteiger charge is 2.28. The van der Waals surface area contributed by atoms with Crippen LogP contribution in [0, 0.1) is 6.92 Å². The van der Waals surface area contributed by atoms with Gasteiger partial charge >= 0.3 is 6.03 Å². The zero-order chi connectivity index (χ0) is 15.1. The Kier molecular flexibility index (Phi) is 5.99. The zero-order valence-electron chi connectivity index (χ0n) is 12.7. The van der Waals surface area contributed by atoms with Crippen molar-refractivity contribution in [1.82, 2.24) is 15.6 Å². The van der Waals surface area contributed by atoms with Gasteiger partial charge in [-0.2, -0.15) is 0 Å². The molecule has 2 amide bonds. The van der Waals surface area contributed by atoms with Crippen LogP contribution in [0.3, 0.4) is 0 Å². The minimum absolute atomic E-state index is 0.209. The molecule has 0 aliphatic heterocycles. The fourth-order valence-corrected chi connectivity index (χ4v) is 3.35. The van der Waals surface area contributed by atoms with Crippen molar-refractivity contribution in [3.8, 4) is 0 Å². The molecule has 0 atom stereocenters. The summed E-state index contributed by atoms with van der Waals surface area (Å²) in [5.41, 5.74) is 0.292. The normalized spacial score (nSPS) is 18.0. The molecule has 0 unspecified atom stereocenters. The number of carbonyl (C=O) groups is 1. The molecule has 118 valence electrons. The van der Waals surface area contributed by atoms with Crippen molar-refractivity contribution in [2.45, 2.75) is 57.5 Å². The van der Waals surface area contributed by atoms with Crippen LogP contribution in [-0.4, -0.2) is 34.8 Å². The average Bonchev–Trinajstić information content (AvgIpc) is 2.74. The molecule has 0 radical (unpaired) electrons. The number of aromatic nitrogens is 1. The number of thiazole rings is 1. The van der Waals surface area contributed by atoms with E-state index in [1.807, 2.05) is 12.3 Å². The summed E-state index contributed by atoms with van der Waals surface area (Å²) in [6.07, 6.45) is 6.76. The Bertz CT molecular complexity index is 454. The first-order valence-electron chi connectivity index (χ1n) is 7.72. The monoisotopic (exact) mass is 311 g/mol. The number of nitrogens with zero attached hydrogens (tertiary/aromatic N) is 1. The van der Waals surface area contributed by atoms with E-state index in [9.17, 15) is 9.90 Å². The minimum atomic E-state index is -0.722. The van der Waals surface area contributed by atoms with Crippen LogP contribution in [0.5, 0.6) is 0 Å². The second-order valence-corrected chi connectivity index (χ2v) is 6.92. The van der Waals surface area contributed by atoms with Crippen LogP contribution < -0.4 is 10.6 Å². The predicted molar refractivity (Wildman–Crippen MR) is 84.6 cm³/mol. The third kappa shape index (κ3) is 5.63. The lowest BCUT2D eigenvalue weighted by molar-refractivity contribution is 0.0277. The molecule has 1 heterocycles. The van der Waals surface area contributed by atoms with Crippen molar-refractivity contribution < 1.29 is 9.90 Å². The maximum atomic E-state index is 11.8. The average molecular weight is 311 g/mol. The largest absolute Gasteiger partial charge is 0.388 e. The number of aryl methyl sites for hydroxylation is 1. The predicted octanol–water partition coefficient (Wildman–Crippen LogP) is 2.38. The van der Waals surface area contributed by atoms with Gasteiger partial charge in [-0.3, -0.25) is 0 Å². The number of hydrogen-bond donors (Lipinski definition) is 3. The number of carbonyl (C=O) groups excluding carboxylic acids is 1. The van der Waals surface area contributed by atoms with Gasteiger partial charge in [0.05, 0.1) is 16.3 Å². The third-order valence-corrected chi connectivity index (χ3v) is 4.77. The van der Waals surface area contributed by atoms with Crippen LogP contribution in [0.25, 0.3) is 0 Å². The van der Waals surface area contributed by atoms with Crippen molar-refractivity contribution in [3.63, 3.8) is 0 Å². The lowest BCUT2D eigenvalue weighted by Gasteiger charge is -2.26. The summed E-state index contributed by atoms with van der Waals surface area (Å²) in [6.45, 7) is 2.88. The first-order chi connectivity index (χ1) is 10.1. The zero-order valence-corrected chi connectivity index (χ0v) is 13.5. The molecule has 1 aromatic heterocycles. The van der Waals surface area contributed by atoms with Gasteiger partial charge in [-0.15, -0.1) is 11.3 Å². The fraction of sp³-hybridized carbons (Fsp3) is 0.733. The molecule has 0 saturated heterocycles. The first kappa shape index (κ1) is 16.2. The van der Waals surface area contributed by atoms with Crippen LogP contribution in [0.2, 0.25) is 0 Å². The molecule has 1 aliphatic rings. The molecule has 0 bridgehead atoms. The molecule has 1 saturated carbocycles. The maximum absolute atomic E-state index is 11.8. The quantitative estimate of drug-likeness (QED) is 0.731. The summed E-state index contributed by atoms with van der Waals surface area (Å²) in [4.78, 5) is 16.1. The van der Waals surface area contributed by atoms with Gasteiger partial charge in [-0.25, -0.2) is 9.78 Å². The van der Waals surface area contributed by atoms with E-state index >= 15 is 0 Å². The van der Waals surface area contributed by atoms with Crippen LogP contribution in [-0.2, 0) is 6.42 Å². The number of hydrogen-bond acceptors (Lipinski definition) is 4. The summed E-state index contributed by atoms with van der Waals surface area (Å²) >= 11 is 1.62. The van der Waals surface area contributed by atoms with Crippen LogP contribution in [0.4, 0.5) is 4.79 Å². The van der Waals surface area contributed by atoms with Gasteiger partial charge in [0.25, 0.3) is 0 Å². The summed E-state index contributed by atoms with van der Waals surface area (Å²) < 4.78 is 0. The molecule has 21 heavy (non-hydrogen) atoms. The molecule has 1 aliphatic carbocycles. The Morgan fingerprint density at radius 3 is 2.67 bits per heavy atom. The van der Waals surface area contributed by atoms with Crippen LogP contribution in [0.1, 0.15) is 49.2 Å². The molecular weight excluding hydrogens is 286 g/mol. The molecule has 3 N–H and O–H groups in total. The number of rotatable bonds is 5. The topological polar surface area (TPSA) is 74.2 Å². The van der Waals surface area contributed by atoms with Gasteiger partial charge in [-0.1, -0.05) is 25.7 Å². The van der Waals surface area contributed by atoms with E-state index in [1.54, 1.807) is 11.3 Å². The lowest BCUT2D eigenvalue weighted by Crippen LogP contribution is -2.46. The Hall–Kier alpha value is -1.14. The second-order valence-electron chi connectivity index (χ2n) is 5.86. The molecule has 0 aromatic carbocycles. The Morgan fingerprint density at radius 2 is 2.05 bits per heavy atom. The van der Waals surface area contributed by atoms with E-state index in [4.69, 9.17) is 0 Å². The van der Waals surface area contributed by atoms with Crippen LogP contribution in [0.15, 0.2) is 5.38 Å². The summed E-state index contributed by atoms with van der Waals surface area (Å²) in [6, 6.07) is -0.209. The minimum Gasteiger partial charge on any atom is -0.388 e. The van der Waals surface area contributed by atoms with Crippen molar-refractivity contribution in [2.24, 2.45) is 0 Å². The van der Waals surface area contributed by atoms with E-state index in [2.05, 4.69) is 15.6 Å². The fourth-order valence-electron chi connectivity index (χ4n) is 2.70.